The third-order valence-corrected chi connectivity index (χ3v) is 6.19. The summed E-state index contributed by atoms with van der Waals surface area (Å²) < 4.78 is 14.7. The summed E-state index contributed by atoms with van der Waals surface area (Å²) in [7, 11) is 1.67. The molecule has 8 nitrogen and oxygen atoms in total. The second kappa shape index (κ2) is 8.31. The van der Waals surface area contributed by atoms with Crippen molar-refractivity contribution in [3.8, 4) is 0 Å². The van der Waals surface area contributed by atoms with Crippen molar-refractivity contribution in [2.24, 2.45) is 7.05 Å². The number of aromatic nitrogens is 2. The quantitative estimate of drug-likeness (QED) is 0.281. The van der Waals surface area contributed by atoms with E-state index in [2.05, 4.69) is 10.3 Å². The van der Waals surface area contributed by atoms with Gasteiger partial charge in [0.25, 0.3) is 11.2 Å². The van der Waals surface area contributed by atoms with Gasteiger partial charge in [-0.3, -0.25) is 19.7 Å². The molecule has 1 aliphatic heterocycles. The van der Waals surface area contributed by atoms with E-state index in [1.165, 1.54) is 36.0 Å². The first kappa shape index (κ1) is 20.7. The number of halogens is 1. The number of carbonyl (C=O) groups excluding carboxylic acids is 1. The van der Waals surface area contributed by atoms with Crippen LogP contribution in [-0.4, -0.2) is 20.4 Å². The van der Waals surface area contributed by atoms with E-state index in [1.54, 1.807) is 35.9 Å². The molecule has 2 aromatic carbocycles. The highest BCUT2D eigenvalue weighted by Gasteiger charge is 2.35. The lowest BCUT2D eigenvalue weighted by Gasteiger charge is -2.27. The zero-order valence-corrected chi connectivity index (χ0v) is 17.2. The number of para-hydroxylation sites is 1. The molecule has 0 spiro atoms. The lowest BCUT2D eigenvalue weighted by atomic mass is 9.86. The van der Waals surface area contributed by atoms with E-state index < -0.39 is 16.4 Å². The van der Waals surface area contributed by atoms with E-state index >= 15 is 0 Å². The number of hydrogen-bond acceptors (Lipinski definition) is 6. The molecule has 0 radical (unpaired) electrons. The smallest absolute Gasteiger partial charge is 0.279 e. The molecule has 2 heterocycles. The van der Waals surface area contributed by atoms with Crippen LogP contribution < -0.4 is 10.9 Å². The zero-order chi connectivity index (χ0) is 22.1. The largest absolute Gasteiger partial charge is 0.312 e. The van der Waals surface area contributed by atoms with Crippen LogP contribution in [0, 0.1) is 15.9 Å². The van der Waals surface area contributed by atoms with Crippen LogP contribution in [-0.2, 0) is 17.6 Å². The normalized spacial score (nSPS) is 15.3. The number of nitrogens with zero attached hydrogens (tertiary/aromatic N) is 3. The standard InChI is InChI=1S/C21H17FN4O4S/c1-25-19-18(20(28)24-21(25)31-11-12-6-8-13(22)9-7-12)15(10-17(27)23-19)14-4-2-3-5-16(14)26(29)30/h2-9,15H,10-11H2,1H3,(H,23,27). The predicted molar refractivity (Wildman–Crippen MR) is 114 cm³/mol. The maximum atomic E-state index is 13.1. The van der Waals surface area contributed by atoms with Crippen molar-refractivity contribution >= 4 is 29.2 Å². The molecule has 0 saturated carbocycles. The van der Waals surface area contributed by atoms with Gasteiger partial charge in [-0.2, -0.15) is 4.98 Å². The molecule has 1 N–H and O–H groups in total. The molecule has 0 saturated heterocycles. The Morgan fingerprint density at radius 2 is 1.94 bits per heavy atom. The van der Waals surface area contributed by atoms with Crippen molar-refractivity contribution in [3.05, 3.63) is 91.5 Å². The summed E-state index contributed by atoms with van der Waals surface area (Å²) in [6.45, 7) is 0. The fraction of sp³-hybridized carbons (Fsp3) is 0.190. The Labute approximate surface area is 180 Å². The lowest BCUT2D eigenvalue weighted by Crippen LogP contribution is -2.33. The first-order valence-electron chi connectivity index (χ1n) is 9.36. The predicted octanol–water partition coefficient (Wildman–Crippen LogP) is 3.59. The summed E-state index contributed by atoms with van der Waals surface area (Å²) in [6, 6.07) is 12.1. The second-order valence-corrected chi connectivity index (χ2v) is 8.00. The number of nitrogens with one attached hydrogen (secondary N) is 1. The van der Waals surface area contributed by atoms with Crippen LogP contribution in [0.4, 0.5) is 15.9 Å². The number of amides is 1. The number of benzene rings is 2. The third kappa shape index (κ3) is 4.06. The first-order valence-corrected chi connectivity index (χ1v) is 10.3. The van der Waals surface area contributed by atoms with Gasteiger partial charge in [0, 0.05) is 36.8 Å². The molecule has 1 aromatic heterocycles. The summed E-state index contributed by atoms with van der Waals surface area (Å²) in [6.07, 6.45) is -0.0865. The Kier molecular flexibility index (Phi) is 5.55. The van der Waals surface area contributed by atoms with Crippen molar-refractivity contribution in [1.82, 2.24) is 9.55 Å². The van der Waals surface area contributed by atoms with Crippen LogP contribution in [0.3, 0.4) is 0 Å². The number of fused-ring (bicyclic) bond motifs is 1. The number of hydrogen-bond donors (Lipinski definition) is 1. The van der Waals surface area contributed by atoms with Crippen LogP contribution in [0.5, 0.6) is 0 Å². The van der Waals surface area contributed by atoms with E-state index in [0.29, 0.717) is 16.5 Å². The van der Waals surface area contributed by atoms with E-state index in [9.17, 15) is 24.1 Å². The molecule has 1 unspecified atom stereocenters. The molecule has 0 fully saturated rings. The molecule has 4 rings (SSSR count). The summed E-state index contributed by atoms with van der Waals surface area (Å²) in [5.74, 6) is -0.724. The van der Waals surface area contributed by atoms with Gasteiger partial charge in [-0.25, -0.2) is 4.39 Å². The molecular weight excluding hydrogens is 423 g/mol. The minimum Gasteiger partial charge on any atom is -0.312 e. The fourth-order valence-corrected chi connectivity index (χ4v) is 4.53. The van der Waals surface area contributed by atoms with Gasteiger partial charge in [0.2, 0.25) is 5.91 Å². The summed E-state index contributed by atoms with van der Waals surface area (Å²) in [5.41, 5.74) is 0.680. The Morgan fingerprint density at radius 3 is 2.65 bits per heavy atom. The number of rotatable bonds is 5. The van der Waals surface area contributed by atoms with Crippen molar-refractivity contribution in [2.45, 2.75) is 23.2 Å². The first-order chi connectivity index (χ1) is 14.8. The minimum absolute atomic E-state index is 0.0865. The van der Waals surface area contributed by atoms with Crippen LogP contribution in [0.15, 0.2) is 58.5 Å². The number of anilines is 1. The highest BCUT2D eigenvalue weighted by molar-refractivity contribution is 7.98. The SMILES string of the molecule is Cn1c(SCc2ccc(F)cc2)nc(=O)c2c1NC(=O)CC2c1ccccc1[N+](=O)[O-]. The second-order valence-electron chi connectivity index (χ2n) is 7.06. The number of nitro groups is 1. The van der Waals surface area contributed by atoms with E-state index in [-0.39, 0.29) is 35.2 Å². The van der Waals surface area contributed by atoms with Gasteiger partial charge >= 0.3 is 0 Å². The maximum Gasteiger partial charge on any atom is 0.279 e. The van der Waals surface area contributed by atoms with Crippen LogP contribution in [0.25, 0.3) is 0 Å². The van der Waals surface area contributed by atoms with Crippen molar-refractivity contribution in [1.29, 1.82) is 0 Å². The maximum absolute atomic E-state index is 13.1. The number of carbonyl (C=O) groups is 1. The van der Waals surface area contributed by atoms with Gasteiger partial charge in [-0.15, -0.1) is 0 Å². The summed E-state index contributed by atoms with van der Waals surface area (Å²) >= 11 is 1.27. The molecular formula is C21H17FN4O4S. The van der Waals surface area contributed by atoms with Gasteiger partial charge in [-0.05, 0) is 17.7 Å². The van der Waals surface area contributed by atoms with Crippen LogP contribution in [0.2, 0.25) is 0 Å². The molecule has 158 valence electrons. The molecule has 1 atom stereocenters. The highest BCUT2D eigenvalue weighted by Crippen LogP contribution is 2.39. The minimum atomic E-state index is -0.771. The molecule has 0 bridgehead atoms. The van der Waals surface area contributed by atoms with Gasteiger partial charge < -0.3 is 9.88 Å². The summed E-state index contributed by atoms with van der Waals surface area (Å²) in [4.78, 5) is 40.5. The Bertz CT molecular complexity index is 1240. The average molecular weight is 440 g/mol. The Balaban J connectivity index is 1.75. The fourth-order valence-electron chi connectivity index (χ4n) is 3.61. The topological polar surface area (TPSA) is 107 Å². The molecule has 31 heavy (non-hydrogen) atoms. The van der Waals surface area contributed by atoms with Crippen LogP contribution >= 0.6 is 11.8 Å². The van der Waals surface area contributed by atoms with E-state index in [0.717, 1.165) is 5.56 Å². The average Bonchev–Trinajstić information content (AvgIpc) is 2.75. The molecule has 3 aromatic rings. The molecule has 1 aliphatic rings. The van der Waals surface area contributed by atoms with Crippen molar-refractivity contribution < 1.29 is 14.1 Å². The van der Waals surface area contributed by atoms with Crippen molar-refractivity contribution in [3.63, 3.8) is 0 Å². The number of thioether (sulfide) groups is 1. The zero-order valence-electron chi connectivity index (χ0n) is 16.4. The molecule has 0 aliphatic carbocycles. The van der Waals surface area contributed by atoms with E-state index in [1.807, 2.05) is 0 Å². The summed E-state index contributed by atoms with van der Waals surface area (Å²) in [5, 5.41) is 14.6. The Morgan fingerprint density at radius 1 is 1.23 bits per heavy atom. The van der Waals surface area contributed by atoms with Crippen LogP contribution in [0.1, 0.15) is 29.0 Å². The Hall–Kier alpha value is -3.53. The molecule has 10 heteroatoms. The van der Waals surface area contributed by atoms with Crippen molar-refractivity contribution in [2.75, 3.05) is 5.32 Å². The van der Waals surface area contributed by atoms with E-state index in [4.69, 9.17) is 0 Å². The lowest BCUT2D eigenvalue weighted by molar-refractivity contribution is -0.385. The van der Waals surface area contributed by atoms with Gasteiger partial charge in [0.05, 0.1) is 10.5 Å². The molecule has 1 amide bonds. The number of nitro benzene ring substituents is 1. The highest BCUT2D eigenvalue weighted by atomic mass is 32.2. The third-order valence-electron chi connectivity index (χ3n) is 5.09. The monoisotopic (exact) mass is 440 g/mol. The van der Waals surface area contributed by atoms with Gasteiger partial charge in [0.1, 0.15) is 11.6 Å². The van der Waals surface area contributed by atoms with Gasteiger partial charge in [0.15, 0.2) is 5.16 Å². The van der Waals surface area contributed by atoms with Gasteiger partial charge in [-0.1, -0.05) is 42.1 Å².